The van der Waals surface area contributed by atoms with Crippen LogP contribution in [-0.4, -0.2) is 37.5 Å². The van der Waals surface area contributed by atoms with Crippen LogP contribution in [0.25, 0.3) is 0 Å². The van der Waals surface area contributed by atoms with Crippen LogP contribution in [0.5, 0.6) is 0 Å². The lowest BCUT2D eigenvalue weighted by Crippen LogP contribution is -2.45. The fourth-order valence-electron chi connectivity index (χ4n) is 4.73. The van der Waals surface area contributed by atoms with Crippen molar-refractivity contribution in [3.05, 3.63) is 23.8 Å². The van der Waals surface area contributed by atoms with Crippen molar-refractivity contribution in [2.45, 2.75) is 73.8 Å². The topological polar surface area (TPSA) is 97.4 Å². The second-order valence-corrected chi connectivity index (χ2v) is 13.2. The fraction of sp³-hybridized carbons (Fsp3) is 0.760. The van der Waals surface area contributed by atoms with Crippen molar-refractivity contribution in [3.63, 3.8) is 0 Å². The number of allylic oxidation sites excluding steroid dienone is 2. The van der Waals surface area contributed by atoms with Crippen molar-refractivity contribution in [1.29, 1.82) is 0 Å². The lowest BCUT2D eigenvalue weighted by Gasteiger charge is -2.38. The molecule has 0 spiro atoms. The van der Waals surface area contributed by atoms with Crippen molar-refractivity contribution >= 4 is 19.8 Å². The number of carbonyl (C=O) groups excluding carboxylic acids is 2. The molecule has 0 aromatic carbocycles. The summed E-state index contributed by atoms with van der Waals surface area (Å²) in [6.45, 7) is 15.1. The summed E-state index contributed by atoms with van der Waals surface area (Å²) in [6, 6.07) is 0. The molecule has 9 heteroatoms. The molecule has 0 aromatic heterocycles. The molecule has 192 valence electrons. The summed E-state index contributed by atoms with van der Waals surface area (Å²) >= 11 is 0. The predicted octanol–water partition coefficient (Wildman–Crippen LogP) is 5.58. The number of phosphoric acid groups is 1. The summed E-state index contributed by atoms with van der Waals surface area (Å²) in [6.07, 6.45) is 6.73. The van der Waals surface area contributed by atoms with Gasteiger partial charge in [0.25, 0.3) is 0 Å². The van der Waals surface area contributed by atoms with Gasteiger partial charge in [-0.05, 0) is 51.5 Å². The van der Waals surface area contributed by atoms with Crippen molar-refractivity contribution in [1.82, 2.24) is 0 Å². The molecule has 8 nitrogen and oxygen atoms in total. The van der Waals surface area contributed by atoms with Crippen LogP contribution >= 0.6 is 7.82 Å². The van der Waals surface area contributed by atoms with E-state index in [1.807, 2.05) is 25.2 Å². The van der Waals surface area contributed by atoms with Gasteiger partial charge >= 0.3 is 19.8 Å². The minimum atomic E-state index is -4.45. The number of hydrogen-bond donors (Lipinski definition) is 0. The van der Waals surface area contributed by atoms with Crippen LogP contribution in [-0.2, 0) is 37.2 Å². The maximum absolute atomic E-state index is 13.8. The molecular weight excluding hydrogens is 459 g/mol. The molecule has 2 saturated heterocycles. The zero-order valence-electron chi connectivity index (χ0n) is 21.6. The summed E-state index contributed by atoms with van der Waals surface area (Å²) in [5.74, 6) is -1.88. The Balaban J connectivity index is 1.92. The molecule has 2 heterocycles. The lowest BCUT2D eigenvalue weighted by molar-refractivity contribution is -0.166. The summed E-state index contributed by atoms with van der Waals surface area (Å²) in [4.78, 5) is 26.3. The van der Waals surface area contributed by atoms with Crippen molar-refractivity contribution in [3.8, 4) is 0 Å². The molecule has 0 bridgehead atoms. The van der Waals surface area contributed by atoms with Gasteiger partial charge in [0.2, 0.25) is 6.79 Å². The normalized spacial score (nSPS) is 36.1. The molecule has 2 unspecified atom stereocenters. The van der Waals surface area contributed by atoms with Gasteiger partial charge in [0.15, 0.2) is 0 Å². The molecule has 2 fully saturated rings. The van der Waals surface area contributed by atoms with E-state index in [4.69, 9.17) is 23.0 Å². The third-order valence-corrected chi connectivity index (χ3v) is 8.97. The van der Waals surface area contributed by atoms with Crippen LogP contribution in [0, 0.1) is 28.1 Å². The van der Waals surface area contributed by atoms with Crippen LogP contribution in [0.4, 0.5) is 0 Å². The van der Waals surface area contributed by atoms with E-state index in [1.54, 1.807) is 27.7 Å². The Kier molecular flexibility index (Phi) is 7.34. The molecule has 3 rings (SSSR count). The molecule has 0 saturated carbocycles. The number of cyclic esters (lactones) is 1. The van der Waals surface area contributed by atoms with E-state index in [0.29, 0.717) is 19.4 Å². The Bertz CT molecular complexity index is 926. The molecule has 4 atom stereocenters. The number of fused-ring (bicyclic) bond motifs is 1. The molecule has 0 N–H and O–H groups in total. The van der Waals surface area contributed by atoms with Gasteiger partial charge in [-0.3, -0.25) is 14.1 Å². The summed E-state index contributed by atoms with van der Waals surface area (Å²) in [5, 5.41) is 0. The minimum Gasteiger partial charge on any atom is -0.437 e. The minimum absolute atomic E-state index is 0.0523. The van der Waals surface area contributed by atoms with E-state index in [9.17, 15) is 14.2 Å². The molecular formula is C25H39O8P. The molecule has 1 aliphatic carbocycles. The third kappa shape index (κ3) is 5.20. The quantitative estimate of drug-likeness (QED) is 0.367. The Morgan fingerprint density at radius 3 is 2.15 bits per heavy atom. The highest BCUT2D eigenvalue weighted by molar-refractivity contribution is 7.49. The molecule has 2 aliphatic heterocycles. The van der Waals surface area contributed by atoms with Gasteiger partial charge in [-0.15, -0.1) is 0 Å². The summed E-state index contributed by atoms with van der Waals surface area (Å²) in [5.41, 5.74) is -1.96. The van der Waals surface area contributed by atoms with Crippen molar-refractivity contribution < 1.29 is 37.2 Å². The smallest absolute Gasteiger partial charge is 0.437 e. The zero-order chi connectivity index (χ0) is 25.6. The van der Waals surface area contributed by atoms with Crippen LogP contribution in [0.15, 0.2) is 23.8 Å². The van der Waals surface area contributed by atoms with Gasteiger partial charge in [-0.2, -0.15) is 0 Å². The number of ether oxygens (including phenoxy) is 2. The van der Waals surface area contributed by atoms with E-state index in [0.717, 1.165) is 5.57 Å². The highest BCUT2D eigenvalue weighted by Crippen LogP contribution is 2.58. The molecule has 0 aromatic rings. The van der Waals surface area contributed by atoms with Crippen LogP contribution in [0.2, 0.25) is 0 Å². The number of phosphoric ester groups is 1. The fourth-order valence-corrected chi connectivity index (χ4v) is 6.21. The Morgan fingerprint density at radius 2 is 1.65 bits per heavy atom. The first kappa shape index (κ1) is 27.1. The lowest BCUT2D eigenvalue weighted by atomic mass is 9.64. The van der Waals surface area contributed by atoms with Gasteiger partial charge in [0, 0.05) is 11.8 Å². The molecule has 3 aliphatic rings. The largest absolute Gasteiger partial charge is 0.536 e. The summed E-state index contributed by atoms with van der Waals surface area (Å²) in [7, 11) is -4.45. The van der Waals surface area contributed by atoms with E-state index in [-0.39, 0.29) is 23.9 Å². The maximum Gasteiger partial charge on any atom is 0.536 e. The Hall–Kier alpha value is -1.47. The maximum atomic E-state index is 13.8. The van der Waals surface area contributed by atoms with E-state index in [1.165, 1.54) is 0 Å². The highest BCUT2D eigenvalue weighted by atomic mass is 31.2. The van der Waals surface area contributed by atoms with Crippen LogP contribution < -0.4 is 0 Å². The predicted molar refractivity (Wildman–Crippen MR) is 127 cm³/mol. The average Bonchev–Trinajstić information content (AvgIpc) is 3.24. The van der Waals surface area contributed by atoms with E-state index >= 15 is 0 Å². The van der Waals surface area contributed by atoms with Gasteiger partial charge in [-0.1, -0.05) is 45.9 Å². The van der Waals surface area contributed by atoms with Gasteiger partial charge < -0.3 is 14.0 Å². The number of carbonyl (C=O) groups is 2. The van der Waals surface area contributed by atoms with Crippen LogP contribution in [0.1, 0.15) is 68.2 Å². The van der Waals surface area contributed by atoms with Crippen molar-refractivity contribution in [2.24, 2.45) is 28.1 Å². The second-order valence-electron chi connectivity index (χ2n) is 11.7. The number of rotatable bonds is 3. The molecule has 34 heavy (non-hydrogen) atoms. The monoisotopic (exact) mass is 498 g/mol. The molecule has 0 radical (unpaired) electrons. The van der Waals surface area contributed by atoms with Gasteiger partial charge in [-0.25, -0.2) is 9.09 Å². The number of esters is 1. The standard InChI is InChI=1S/C25H39O8P/c1-9-25(12-10-17(11-13-25)22(2,3)4)33-34(28)31-16-30-20(26)23(5,6)18-14-29-15-19(18)24(7,8)21(27)32-34/h10-12,18-19H,9,13-16H2,1-8H3/t18?,19?,25-,34-/m0/s1. The van der Waals surface area contributed by atoms with E-state index < -0.39 is 43.0 Å². The first-order valence-corrected chi connectivity index (χ1v) is 13.4. The average molecular weight is 499 g/mol. The Morgan fingerprint density at radius 1 is 1.06 bits per heavy atom. The first-order chi connectivity index (χ1) is 15.6. The van der Waals surface area contributed by atoms with E-state index in [2.05, 4.69) is 20.8 Å². The first-order valence-electron chi connectivity index (χ1n) is 11.9. The van der Waals surface area contributed by atoms with Gasteiger partial charge in [0.05, 0.1) is 24.0 Å². The zero-order valence-corrected chi connectivity index (χ0v) is 22.5. The van der Waals surface area contributed by atoms with Gasteiger partial charge in [0.1, 0.15) is 5.60 Å². The SMILES string of the molecule is CC[C@]1(O[P@@]2(=O)OCOC(=O)C(C)(C)C3COCC3C(C)(C)C(=O)O2)C=CC(C(C)(C)C)=CC1. The van der Waals surface area contributed by atoms with Crippen LogP contribution in [0.3, 0.4) is 0 Å². The third-order valence-electron chi connectivity index (χ3n) is 7.57. The van der Waals surface area contributed by atoms with Crippen molar-refractivity contribution in [2.75, 3.05) is 20.0 Å². The highest BCUT2D eigenvalue weighted by Gasteiger charge is 2.55. The second kappa shape index (κ2) is 9.20. The molecule has 0 amide bonds. The summed E-state index contributed by atoms with van der Waals surface area (Å²) < 4.78 is 41.7. The number of hydrogen-bond acceptors (Lipinski definition) is 8. The Labute approximate surface area is 203 Å².